The number of nitrogens with zero attached hydrogens (tertiary/aromatic N) is 3. The molecule has 2 atom stereocenters. The van der Waals surface area contributed by atoms with Crippen molar-refractivity contribution in [1.29, 1.82) is 0 Å². The number of aromatic nitrogens is 2. The van der Waals surface area contributed by atoms with Crippen molar-refractivity contribution in [2.24, 2.45) is 0 Å². The van der Waals surface area contributed by atoms with E-state index in [1.54, 1.807) is 11.8 Å². The summed E-state index contributed by atoms with van der Waals surface area (Å²) in [7, 11) is 0. The van der Waals surface area contributed by atoms with Crippen molar-refractivity contribution in [2.45, 2.75) is 38.2 Å². The Morgan fingerprint density at radius 3 is 2.74 bits per heavy atom. The van der Waals surface area contributed by atoms with Crippen molar-refractivity contribution in [1.82, 2.24) is 15.1 Å². The zero-order valence-electron chi connectivity index (χ0n) is 11.3. The van der Waals surface area contributed by atoms with Gasteiger partial charge in [0.1, 0.15) is 5.38 Å². The lowest BCUT2D eigenvalue weighted by Crippen LogP contribution is -2.44. The molecule has 0 aromatic carbocycles. The van der Waals surface area contributed by atoms with E-state index >= 15 is 0 Å². The number of hydrogen-bond acceptors (Lipinski definition) is 5. The van der Waals surface area contributed by atoms with Crippen molar-refractivity contribution < 1.29 is 13.9 Å². The zero-order valence-corrected chi connectivity index (χ0v) is 12.1. The van der Waals surface area contributed by atoms with Crippen LogP contribution in [-0.2, 0) is 9.53 Å². The second-order valence-corrected chi connectivity index (χ2v) is 5.55. The highest BCUT2D eigenvalue weighted by Gasteiger charge is 2.30. The van der Waals surface area contributed by atoms with Crippen LogP contribution in [0.25, 0.3) is 0 Å². The SMILES string of the molecule is CC(Cl)C(=O)N1CCOC(c2nnc(C(C)C)o2)C1. The standard InChI is InChI=1S/C12H18ClN3O3/c1-7(2)10-14-15-11(19-10)9-6-16(4-5-18-9)12(17)8(3)13/h7-9H,4-6H2,1-3H3. The lowest BCUT2D eigenvalue weighted by molar-refractivity contribution is -0.139. The molecule has 0 aliphatic carbocycles. The number of ether oxygens (including phenoxy) is 1. The van der Waals surface area contributed by atoms with Gasteiger partial charge in [0, 0.05) is 12.5 Å². The van der Waals surface area contributed by atoms with E-state index in [1.807, 2.05) is 13.8 Å². The molecule has 19 heavy (non-hydrogen) atoms. The molecule has 6 nitrogen and oxygen atoms in total. The smallest absolute Gasteiger partial charge is 0.247 e. The summed E-state index contributed by atoms with van der Waals surface area (Å²) in [6.07, 6.45) is -0.367. The van der Waals surface area contributed by atoms with Crippen LogP contribution >= 0.6 is 11.6 Å². The molecule has 1 fully saturated rings. The first-order valence-electron chi connectivity index (χ1n) is 6.36. The van der Waals surface area contributed by atoms with Crippen LogP contribution in [0.3, 0.4) is 0 Å². The molecule has 1 aromatic heterocycles. The van der Waals surface area contributed by atoms with Crippen LogP contribution in [0.2, 0.25) is 0 Å². The maximum absolute atomic E-state index is 11.9. The first kappa shape index (κ1) is 14.3. The summed E-state index contributed by atoms with van der Waals surface area (Å²) >= 11 is 5.82. The third kappa shape index (κ3) is 3.25. The molecule has 1 aliphatic rings. The van der Waals surface area contributed by atoms with Crippen LogP contribution in [0.1, 0.15) is 44.6 Å². The molecule has 1 aromatic rings. The molecular weight excluding hydrogens is 270 g/mol. The summed E-state index contributed by atoms with van der Waals surface area (Å²) in [5.41, 5.74) is 0. The van der Waals surface area contributed by atoms with Crippen LogP contribution in [0.15, 0.2) is 4.42 Å². The third-order valence-corrected chi connectivity index (χ3v) is 3.13. The minimum atomic E-state index is -0.535. The van der Waals surface area contributed by atoms with Gasteiger partial charge in [-0.15, -0.1) is 21.8 Å². The Morgan fingerprint density at radius 1 is 1.42 bits per heavy atom. The fourth-order valence-electron chi connectivity index (χ4n) is 1.86. The lowest BCUT2D eigenvalue weighted by atomic mass is 10.2. The first-order chi connectivity index (χ1) is 8.99. The molecule has 106 valence electrons. The van der Waals surface area contributed by atoms with Crippen LogP contribution in [-0.4, -0.2) is 46.1 Å². The van der Waals surface area contributed by atoms with E-state index in [9.17, 15) is 4.79 Å². The van der Waals surface area contributed by atoms with Crippen LogP contribution in [0.4, 0.5) is 0 Å². The number of carbonyl (C=O) groups excluding carboxylic acids is 1. The van der Waals surface area contributed by atoms with Gasteiger partial charge in [0.05, 0.1) is 13.2 Å². The van der Waals surface area contributed by atoms with Gasteiger partial charge in [-0.05, 0) is 6.92 Å². The first-order valence-corrected chi connectivity index (χ1v) is 6.80. The number of amides is 1. The van der Waals surface area contributed by atoms with Crippen molar-refractivity contribution in [3.8, 4) is 0 Å². The molecular formula is C12H18ClN3O3. The number of rotatable bonds is 3. The third-order valence-electron chi connectivity index (χ3n) is 2.94. The van der Waals surface area contributed by atoms with E-state index in [0.29, 0.717) is 31.5 Å². The highest BCUT2D eigenvalue weighted by Crippen LogP contribution is 2.24. The lowest BCUT2D eigenvalue weighted by Gasteiger charge is -2.31. The van der Waals surface area contributed by atoms with Gasteiger partial charge in [-0.1, -0.05) is 13.8 Å². The summed E-state index contributed by atoms with van der Waals surface area (Å²) in [6.45, 7) is 7.00. The second kappa shape index (κ2) is 5.88. The number of hydrogen-bond donors (Lipinski definition) is 0. The minimum Gasteiger partial charge on any atom is -0.422 e. The summed E-state index contributed by atoms with van der Waals surface area (Å²) in [5, 5.41) is 7.42. The maximum atomic E-state index is 11.9. The van der Waals surface area contributed by atoms with Crippen molar-refractivity contribution >= 4 is 17.5 Å². The average molecular weight is 288 g/mol. The van der Waals surface area contributed by atoms with Crippen molar-refractivity contribution in [2.75, 3.05) is 19.7 Å². The van der Waals surface area contributed by atoms with Crippen molar-refractivity contribution in [3.05, 3.63) is 11.8 Å². The Balaban J connectivity index is 2.06. The predicted octanol–water partition coefficient (Wildman–Crippen LogP) is 1.72. The normalized spacial score (nSPS) is 21.7. The summed E-state index contributed by atoms with van der Waals surface area (Å²) in [4.78, 5) is 13.5. The summed E-state index contributed by atoms with van der Waals surface area (Å²) in [6, 6.07) is 0. The number of alkyl halides is 1. The van der Waals surface area contributed by atoms with Gasteiger partial charge in [-0.25, -0.2) is 0 Å². The van der Waals surface area contributed by atoms with Crippen molar-refractivity contribution in [3.63, 3.8) is 0 Å². The molecule has 2 rings (SSSR count). The van der Waals surface area contributed by atoms with Gasteiger partial charge < -0.3 is 14.1 Å². The molecule has 0 bridgehead atoms. The quantitative estimate of drug-likeness (QED) is 0.792. The Labute approximate surface area is 117 Å². The molecule has 2 heterocycles. The fourth-order valence-corrected chi connectivity index (χ4v) is 2.00. The number of carbonyl (C=O) groups is 1. The number of halogens is 1. The molecule has 1 amide bonds. The molecule has 7 heteroatoms. The highest BCUT2D eigenvalue weighted by molar-refractivity contribution is 6.30. The average Bonchev–Trinajstić information content (AvgIpc) is 2.87. The van der Waals surface area contributed by atoms with Crippen LogP contribution < -0.4 is 0 Å². The maximum Gasteiger partial charge on any atom is 0.247 e. The van der Waals surface area contributed by atoms with Gasteiger partial charge in [-0.3, -0.25) is 4.79 Å². The second-order valence-electron chi connectivity index (χ2n) is 4.89. The largest absolute Gasteiger partial charge is 0.422 e. The Hall–Kier alpha value is -1.14. The molecule has 0 radical (unpaired) electrons. The van der Waals surface area contributed by atoms with Gasteiger partial charge in [0.25, 0.3) is 0 Å². The van der Waals surface area contributed by atoms with Gasteiger partial charge in [-0.2, -0.15) is 0 Å². The molecule has 2 unspecified atom stereocenters. The van der Waals surface area contributed by atoms with E-state index in [0.717, 1.165) is 0 Å². The highest BCUT2D eigenvalue weighted by atomic mass is 35.5. The summed E-state index contributed by atoms with van der Waals surface area (Å²) < 4.78 is 11.1. The zero-order chi connectivity index (χ0) is 14.0. The molecule has 1 saturated heterocycles. The van der Waals surface area contributed by atoms with Gasteiger partial charge in [0.15, 0.2) is 6.10 Å². The molecule has 1 aliphatic heterocycles. The molecule has 0 spiro atoms. The van der Waals surface area contributed by atoms with Gasteiger partial charge in [0.2, 0.25) is 17.7 Å². The van der Waals surface area contributed by atoms with E-state index in [1.165, 1.54) is 0 Å². The van der Waals surface area contributed by atoms with E-state index in [2.05, 4.69) is 10.2 Å². The van der Waals surface area contributed by atoms with E-state index in [-0.39, 0.29) is 17.9 Å². The topological polar surface area (TPSA) is 68.5 Å². The van der Waals surface area contributed by atoms with E-state index < -0.39 is 5.38 Å². The Kier molecular flexibility index (Phi) is 4.42. The van der Waals surface area contributed by atoms with E-state index in [4.69, 9.17) is 20.8 Å². The van der Waals surface area contributed by atoms with Crippen LogP contribution in [0, 0.1) is 0 Å². The molecule has 0 saturated carbocycles. The van der Waals surface area contributed by atoms with Gasteiger partial charge >= 0.3 is 0 Å². The Morgan fingerprint density at radius 2 is 2.16 bits per heavy atom. The van der Waals surface area contributed by atoms with Crippen LogP contribution in [0.5, 0.6) is 0 Å². The monoisotopic (exact) mass is 287 g/mol. The molecule has 0 N–H and O–H groups in total. The summed E-state index contributed by atoms with van der Waals surface area (Å²) in [5.74, 6) is 1.07. The number of morpholine rings is 1. The Bertz CT molecular complexity index is 447. The minimum absolute atomic E-state index is 0.0986. The predicted molar refractivity (Wildman–Crippen MR) is 69.0 cm³/mol. The fraction of sp³-hybridized carbons (Fsp3) is 0.750.